The van der Waals surface area contributed by atoms with Gasteiger partial charge in [-0.1, -0.05) is 18.2 Å². The normalized spacial score (nSPS) is 10.6. The van der Waals surface area contributed by atoms with Crippen LogP contribution in [0.5, 0.6) is 17.2 Å². The Morgan fingerprint density at radius 3 is 2.40 bits per heavy atom. The molecule has 0 saturated heterocycles. The van der Waals surface area contributed by atoms with Crippen molar-refractivity contribution in [3.05, 3.63) is 59.2 Å². The van der Waals surface area contributed by atoms with Gasteiger partial charge in [0.25, 0.3) is 5.91 Å². The summed E-state index contributed by atoms with van der Waals surface area (Å²) in [6.07, 6.45) is 2.01. The van der Waals surface area contributed by atoms with Crippen LogP contribution >= 0.6 is 0 Å². The molecule has 1 amide bonds. The van der Waals surface area contributed by atoms with Gasteiger partial charge in [-0.25, -0.2) is 4.79 Å². The largest absolute Gasteiger partial charge is 0.493 e. The molecule has 2 aromatic rings. The SMILES string of the molecule is COc1ccc(CCNC(=O)/C(C#N)=C/c2ccc(OCC(=O)O)cc2)cc1OC. The van der Waals surface area contributed by atoms with Gasteiger partial charge in [-0.05, 0) is 47.9 Å². The van der Waals surface area contributed by atoms with E-state index in [1.807, 2.05) is 18.2 Å². The number of nitrogens with one attached hydrogen (secondary N) is 1. The molecule has 8 heteroatoms. The molecule has 30 heavy (non-hydrogen) atoms. The fourth-order valence-electron chi connectivity index (χ4n) is 2.57. The number of nitrogens with zero attached hydrogens (tertiary/aromatic N) is 1. The summed E-state index contributed by atoms with van der Waals surface area (Å²) >= 11 is 0. The number of carbonyl (C=O) groups excluding carboxylic acids is 1. The number of hydrogen-bond acceptors (Lipinski definition) is 6. The van der Waals surface area contributed by atoms with E-state index in [2.05, 4.69) is 5.32 Å². The second-order valence-corrected chi connectivity index (χ2v) is 6.12. The van der Waals surface area contributed by atoms with Crippen molar-refractivity contribution in [2.45, 2.75) is 6.42 Å². The van der Waals surface area contributed by atoms with Crippen molar-refractivity contribution >= 4 is 18.0 Å². The molecule has 0 aliphatic heterocycles. The zero-order valence-corrected chi connectivity index (χ0v) is 16.7. The maximum atomic E-state index is 12.3. The first-order valence-corrected chi connectivity index (χ1v) is 9.02. The van der Waals surface area contributed by atoms with Crippen molar-refractivity contribution in [1.29, 1.82) is 5.26 Å². The average Bonchev–Trinajstić information content (AvgIpc) is 2.76. The Balaban J connectivity index is 1.94. The van der Waals surface area contributed by atoms with E-state index in [0.29, 0.717) is 35.8 Å². The first kappa shape index (κ1) is 22.3. The highest BCUT2D eigenvalue weighted by atomic mass is 16.5. The van der Waals surface area contributed by atoms with Gasteiger partial charge in [-0.15, -0.1) is 0 Å². The van der Waals surface area contributed by atoms with Crippen LogP contribution in [-0.4, -0.2) is 44.4 Å². The molecule has 0 heterocycles. The van der Waals surface area contributed by atoms with Crippen LogP contribution in [0.1, 0.15) is 11.1 Å². The van der Waals surface area contributed by atoms with Gasteiger partial charge >= 0.3 is 5.97 Å². The van der Waals surface area contributed by atoms with Crippen molar-refractivity contribution < 1.29 is 28.9 Å². The van der Waals surface area contributed by atoms with Crippen molar-refractivity contribution in [3.8, 4) is 23.3 Å². The van der Waals surface area contributed by atoms with Crippen LogP contribution in [0, 0.1) is 11.3 Å². The van der Waals surface area contributed by atoms with E-state index in [4.69, 9.17) is 19.3 Å². The molecule has 0 aromatic heterocycles. The smallest absolute Gasteiger partial charge is 0.341 e. The van der Waals surface area contributed by atoms with Crippen molar-refractivity contribution in [2.24, 2.45) is 0 Å². The van der Waals surface area contributed by atoms with Crippen molar-refractivity contribution in [2.75, 3.05) is 27.4 Å². The number of carboxylic acids is 1. The van der Waals surface area contributed by atoms with Crippen LogP contribution in [0.15, 0.2) is 48.0 Å². The first-order chi connectivity index (χ1) is 14.5. The van der Waals surface area contributed by atoms with Gasteiger partial charge in [0.15, 0.2) is 18.1 Å². The molecule has 0 saturated carbocycles. The Bertz CT molecular complexity index is 961. The summed E-state index contributed by atoms with van der Waals surface area (Å²) in [5.74, 6) is 0.0567. The van der Waals surface area contributed by atoms with E-state index < -0.39 is 18.5 Å². The molecule has 8 nitrogen and oxygen atoms in total. The molecule has 2 N–H and O–H groups in total. The molecule has 0 bridgehead atoms. The zero-order valence-electron chi connectivity index (χ0n) is 16.7. The lowest BCUT2D eigenvalue weighted by atomic mass is 10.1. The Labute approximate surface area is 174 Å². The van der Waals surface area contributed by atoms with Crippen LogP contribution in [0.4, 0.5) is 0 Å². The monoisotopic (exact) mass is 410 g/mol. The minimum atomic E-state index is -1.07. The summed E-state index contributed by atoms with van der Waals surface area (Å²) < 4.78 is 15.5. The molecule has 0 fully saturated rings. The molecule has 0 aliphatic carbocycles. The van der Waals surface area contributed by atoms with Crippen molar-refractivity contribution in [1.82, 2.24) is 5.32 Å². The molecule has 0 aliphatic rings. The van der Waals surface area contributed by atoms with E-state index in [1.54, 1.807) is 44.6 Å². The lowest BCUT2D eigenvalue weighted by Gasteiger charge is -2.10. The number of benzene rings is 2. The number of methoxy groups -OCH3 is 2. The highest BCUT2D eigenvalue weighted by molar-refractivity contribution is 6.01. The van der Waals surface area contributed by atoms with Gasteiger partial charge in [-0.2, -0.15) is 5.26 Å². The minimum absolute atomic E-state index is 0.0403. The number of ether oxygens (including phenoxy) is 3. The Kier molecular flexibility index (Phi) is 8.27. The van der Waals surface area contributed by atoms with Crippen molar-refractivity contribution in [3.63, 3.8) is 0 Å². The Hall–Kier alpha value is -3.99. The number of nitriles is 1. The molecule has 0 unspecified atom stereocenters. The minimum Gasteiger partial charge on any atom is -0.493 e. The quantitative estimate of drug-likeness (QED) is 0.456. The molecule has 0 radical (unpaired) electrons. The Morgan fingerprint density at radius 2 is 1.80 bits per heavy atom. The summed E-state index contributed by atoms with van der Waals surface area (Å²) in [5.41, 5.74) is 1.53. The molecule has 2 rings (SSSR count). The molecule has 2 aromatic carbocycles. The highest BCUT2D eigenvalue weighted by Crippen LogP contribution is 2.27. The number of hydrogen-bond donors (Lipinski definition) is 2. The molecular weight excluding hydrogens is 388 g/mol. The maximum Gasteiger partial charge on any atom is 0.341 e. The fraction of sp³-hybridized carbons (Fsp3) is 0.227. The van der Waals surface area contributed by atoms with Gasteiger partial charge in [0.2, 0.25) is 0 Å². The first-order valence-electron chi connectivity index (χ1n) is 9.02. The zero-order chi connectivity index (χ0) is 21.9. The second-order valence-electron chi connectivity index (χ2n) is 6.12. The number of aliphatic carboxylic acids is 1. The van der Waals surface area contributed by atoms with E-state index in [0.717, 1.165) is 5.56 Å². The second kappa shape index (κ2) is 11.1. The average molecular weight is 410 g/mol. The third kappa shape index (κ3) is 6.56. The Morgan fingerprint density at radius 1 is 1.10 bits per heavy atom. The van der Waals surface area contributed by atoms with Gasteiger partial charge in [0.05, 0.1) is 14.2 Å². The predicted molar refractivity (Wildman–Crippen MR) is 109 cm³/mol. The lowest BCUT2D eigenvalue weighted by molar-refractivity contribution is -0.139. The van der Waals surface area contributed by atoms with E-state index >= 15 is 0 Å². The lowest BCUT2D eigenvalue weighted by Crippen LogP contribution is -2.26. The van der Waals surface area contributed by atoms with Gasteiger partial charge < -0.3 is 24.6 Å². The van der Waals surface area contributed by atoms with Gasteiger partial charge in [-0.3, -0.25) is 4.79 Å². The third-order valence-corrected chi connectivity index (χ3v) is 4.07. The maximum absolute atomic E-state index is 12.3. The van der Waals surface area contributed by atoms with E-state index in [-0.39, 0.29) is 5.57 Å². The molecule has 0 spiro atoms. The van der Waals surface area contributed by atoms with E-state index in [1.165, 1.54) is 6.08 Å². The number of rotatable bonds is 10. The third-order valence-electron chi connectivity index (χ3n) is 4.07. The number of amides is 1. The molecule has 156 valence electrons. The highest BCUT2D eigenvalue weighted by Gasteiger charge is 2.10. The summed E-state index contributed by atoms with van der Waals surface area (Å²) in [4.78, 5) is 22.8. The van der Waals surface area contributed by atoms with Gasteiger partial charge in [0.1, 0.15) is 17.4 Å². The molecular formula is C22H22N2O6. The predicted octanol–water partition coefficient (Wildman–Crippen LogP) is 2.43. The van der Waals surface area contributed by atoms with Crippen LogP contribution in [0.3, 0.4) is 0 Å². The summed E-state index contributed by atoms with van der Waals surface area (Å²) in [7, 11) is 3.11. The molecule has 0 atom stereocenters. The summed E-state index contributed by atoms with van der Waals surface area (Å²) in [6.45, 7) is -0.101. The van der Waals surface area contributed by atoms with Crippen LogP contribution in [0.2, 0.25) is 0 Å². The summed E-state index contributed by atoms with van der Waals surface area (Å²) in [6, 6.07) is 13.8. The van der Waals surface area contributed by atoms with Crippen LogP contribution < -0.4 is 19.5 Å². The summed E-state index contributed by atoms with van der Waals surface area (Å²) in [5, 5.41) is 20.6. The topological polar surface area (TPSA) is 118 Å². The van der Waals surface area contributed by atoms with E-state index in [9.17, 15) is 14.9 Å². The van der Waals surface area contributed by atoms with Gasteiger partial charge in [0, 0.05) is 6.54 Å². The number of carbonyl (C=O) groups is 2. The fourth-order valence-corrected chi connectivity index (χ4v) is 2.57. The van der Waals surface area contributed by atoms with Crippen LogP contribution in [0.25, 0.3) is 6.08 Å². The standard InChI is InChI=1S/C22H22N2O6/c1-28-19-8-5-16(12-20(19)29-2)9-10-24-22(27)17(13-23)11-15-3-6-18(7-4-15)30-14-21(25)26/h3-8,11-12H,9-10,14H2,1-2H3,(H,24,27)(H,25,26)/b17-11+. The number of carboxylic acid groups (broad SMARTS) is 1. The van der Waals surface area contributed by atoms with Crippen LogP contribution in [-0.2, 0) is 16.0 Å².